The molecule has 1 saturated heterocycles. The van der Waals surface area contributed by atoms with Gasteiger partial charge in [0.15, 0.2) is 0 Å². The number of ether oxygens (including phenoxy) is 2. The maximum Gasteiger partial charge on any atom is 0.404 e. The van der Waals surface area contributed by atoms with E-state index in [4.69, 9.17) is 26.2 Å². The number of hydrogen-bond donors (Lipinski definition) is 2. The number of nitrogens with one attached hydrogen (secondary N) is 1. The second kappa shape index (κ2) is 8.31. The molecule has 0 aliphatic carbocycles. The lowest BCUT2D eigenvalue weighted by Crippen LogP contribution is -2.40. The summed E-state index contributed by atoms with van der Waals surface area (Å²) in [6.07, 6.45) is -0.776. The van der Waals surface area contributed by atoms with Gasteiger partial charge in [-0.2, -0.15) is 0 Å². The van der Waals surface area contributed by atoms with Crippen LogP contribution in [-0.2, 0) is 11.2 Å². The van der Waals surface area contributed by atoms with Crippen LogP contribution in [0.25, 0.3) is 11.1 Å². The number of hydrogen-bond acceptors (Lipinski definition) is 4. The molecule has 2 aliphatic heterocycles. The van der Waals surface area contributed by atoms with Crippen molar-refractivity contribution >= 4 is 23.6 Å². The zero-order valence-corrected chi connectivity index (χ0v) is 16.4. The summed E-state index contributed by atoms with van der Waals surface area (Å²) < 4.78 is 11.1. The lowest BCUT2D eigenvalue weighted by Gasteiger charge is -2.26. The molecule has 29 heavy (non-hydrogen) atoms. The highest BCUT2D eigenvalue weighted by Crippen LogP contribution is 2.39. The van der Waals surface area contributed by atoms with Crippen molar-refractivity contribution < 1.29 is 24.2 Å². The van der Waals surface area contributed by atoms with E-state index >= 15 is 0 Å². The Kier molecular flexibility index (Phi) is 5.60. The molecule has 7 nitrogen and oxygen atoms in total. The first-order valence-corrected chi connectivity index (χ1v) is 9.82. The highest BCUT2D eigenvalue weighted by molar-refractivity contribution is 6.32. The van der Waals surface area contributed by atoms with Gasteiger partial charge < -0.3 is 24.8 Å². The van der Waals surface area contributed by atoms with Crippen molar-refractivity contribution in [3.05, 3.63) is 52.5 Å². The molecule has 2 amide bonds. The number of fused-ring (bicyclic) bond motifs is 1. The van der Waals surface area contributed by atoms with Gasteiger partial charge in [0.25, 0.3) is 5.91 Å². The molecule has 2 aliphatic rings. The van der Waals surface area contributed by atoms with Crippen LogP contribution in [0.4, 0.5) is 4.79 Å². The number of benzene rings is 2. The highest BCUT2D eigenvalue weighted by atomic mass is 35.5. The summed E-state index contributed by atoms with van der Waals surface area (Å²) in [6, 6.07) is 11.3. The van der Waals surface area contributed by atoms with Gasteiger partial charge in [0, 0.05) is 30.6 Å². The summed E-state index contributed by atoms with van der Waals surface area (Å²) in [4.78, 5) is 25.1. The van der Waals surface area contributed by atoms with Gasteiger partial charge in [-0.15, -0.1) is 0 Å². The Morgan fingerprint density at radius 2 is 1.86 bits per heavy atom. The Morgan fingerprint density at radius 1 is 1.14 bits per heavy atom. The number of nitrogens with zero attached hydrogens (tertiary/aromatic N) is 1. The summed E-state index contributed by atoms with van der Waals surface area (Å²) in [5, 5.41) is 11.6. The van der Waals surface area contributed by atoms with Gasteiger partial charge in [-0.05, 0) is 35.4 Å². The number of halogens is 1. The first-order chi connectivity index (χ1) is 14.0. The number of carbonyl (C=O) groups excluding carboxylic acids is 1. The van der Waals surface area contributed by atoms with Crippen molar-refractivity contribution in [2.75, 3.05) is 32.8 Å². The molecule has 1 unspecified atom stereocenters. The van der Waals surface area contributed by atoms with E-state index in [1.54, 1.807) is 4.90 Å². The van der Waals surface area contributed by atoms with Gasteiger partial charge in [-0.25, -0.2) is 4.79 Å². The summed E-state index contributed by atoms with van der Waals surface area (Å²) in [5.41, 5.74) is 3.46. The van der Waals surface area contributed by atoms with Gasteiger partial charge in [-0.3, -0.25) is 4.79 Å². The zero-order valence-electron chi connectivity index (χ0n) is 15.7. The van der Waals surface area contributed by atoms with E-state index in [1.807, 2.05) is 36.4 Å². The van der Waals surface area contributed by atoms with Crippen LogP contribution in [0.2, 0.25) is 5.02 Å². The largest absolute Gasteiger partial charge is 0.486 e. The number of amides is 2. The molecule has 2 aromatic rings. The standard InChI is InChI=1S/C21H21ClN2O5/c22-18-11-15(9-16-10-17(29-19(16)18)12-23-21(26)27)13-1-3-14(4-2-13)20(25)24-5-7-28-8-6-24/h1-4,9,11,17,23H,5-8,10,12H2,(H,26,27). The Hall–Kier alpha value is -2.77. The average molecular weight is 417 g/mol. The topological polar surface area (TPSA) is 88.1 Å². The summed E-state index contributed by atoms with van der Waals surface area (Å²) in [6.45, 7) is 2.57. The molecule has 1 fully saturated rings. The summed E-state index contributed by atoms with van der Waals surface area (Å²) in [7, 11) is 0. The van der Waals surface area contributed by atoms with E-state index in [0.29, 0.717) is 49.1 Å². The van der Waals surface area contributed by atoms with Crippen LogP contribution in [0.3, 0.4) is 0 Å². The molecule has 0 aromatic heterocycles. The zero-order chi connectivity index (χ0) is 20.4. The minimum atomic E-state index is -1.08. The predicted octanol–water partition coefficient (Wildman–Crippen LogP) is 3.05. The predicted molar refractivity (Wildman–Crippen MR) is 108 cm³/mol. The van der Waals surface area contributed by atoms with Crippen molar-refractivity contribution in [3.8, 4) is 16.9 Å². The Balaban J connectivity index is 1.50. The number of rotatable bonds is 4. The smallest absolute Gasteiger partial charge is 0.404 e. The second-order valence-electron chi connectivity index (χ2n) is 7.06. The van der Waals surface area contributed by atoms with Crippen molar-refractivity contribution in [3.63, 3.8) is 0 Å². The molecule has 0 bridgehead atoms. The fraction of sp³-hybridized carbons (Fsp3) is 0.333. The van der Waals surface area contributed by atoms with E-state index in [0.717, 1.165) is 16.7 Å². The SMILES string of the molecule is O=C(O)NCC1Cc2cc(-c3ccc(C(=O)N4CCOCC4)cc3)cc(Cl)c2O1. The van der Waals surface area contributed by atoms with Gasteiger partial charge >= 0.3 is 6.09 Å². The molecule has 4 rings (SSSR count). The van der Waals surface area contributed by atoms with Gasteiger partial charge in [-0.1, -0.05) is 23.7 Å². The van der Waals surface area contributed by atoms with Gasteiger partial charge in [0.05, 0.1) is 24.8 Å². The molecular formula is C21H21ClN2O5. The quantitative estimate of drug-likeness (QED) is 0.799. The normalized spacial score (nSPS) is 18.1. The van der Waals surface area contributed by atoms with E-state index in [1.165, 1.54) is 0 Å². The monoisotopic (exact) mass is 416 g/mol. The van der Waals surface area contributed by atoms with Crippen LogP contribution in [-0.4, -0.2) is 61.0 Å². The van der Waals surface area contributed by atoms with Crippen molar-refractivity contribution in [2.24, 2.45) is 0 Å². The molecule has 0 spiro atoms. The third-order valence-electron chi connectivity index (χ3n) is 5.10. The van der Waals surface area contributed by atoms with E-state index in [2.05, 4.69) is 5.32 Å². The first kappa shape index (κ1) is 19.5. The molecule has 0 saturated carbocycles. The molecule has 2 N–H and O–H groups in total. The van der Waals surface area contributed by atoms with E-state index in [-0.39, 0.29) is 18.6 Å². The van der Waals surface area contributed by atoms with E-state index < -0.39 is 6.09 Å². The highest BCUT2D eigenvalue weighted by Gasteiger charge is 2.26. The van der Waals surface area contributed by atoms with Crippen LogP contribution >= 0.6 is 11.6 Å². The van der Waals surface area contributed by atoms with Crippen molar-refractivity contribution in [1.82, 2.24) is 10.2 Å². The lowest BCUT2D eigenvalue weighted by molar-refractivity contribution is 0.0303. The average Bonchev–Trinajstić information content (AvgIpc) is 3.16. The Morgan fingerprint density at radius 3 is 2.55 bits per heavy atom. The van der Waals surface area contributed by atoms with Crippen LogP contribution in [0.5, 0.6) is 5.75 Å². The molecule has 1 atom stereocenters. The first-order valence-electron chi connectivity index (χ1n) is 9.44. The third-order valence-corrected chi connectivity index (χ3v) is 5.38. The van der Waals surface area contributed by atoms with Gasteiger partial charge in [0.2, 0.25) is 0 Å². The summed E-state index contributed by atoms with van der Waals surface area (Å²) in [5.74, 6) is 0.612. The van der Waals surface area contributed by atoms with Crippen LogP contribution < -0.4 is 10.1 Å². The summed E-state index contributed by atoms with van der Waals surface area (Å²) >= 11 is 6.40. The number of morpholine rings is 1. The molecule has 2 aromatic carbocycles. The minimum absolute atomic E-state index is 0.00834. The number of carbonyl (C=O) groups is 2. The third kappa shape index (κ3) is 4.31. The second-order valence-corrected chi connectivity index (χ2v) is 7.47. The lowest BCUT2D eigenvalue weighted by atomic mass is 9.99. The number of carboxylic acid groups (broad SMARTS) is 1. The molecule has 8 heteroatoms. The minimum Gasteiger partial charge on any atom is -0.486 e. The van der Waals surface area contributed by atoms with E-state index in [9.17, 15) is 9.59 Å². The molecule has 2 heterocycles. The molecular weight excluding hydrogens is 396 g/mol. The molecule has 0 radical (unpaired) electrons. The molecule has 152 valence electrons. The van der Waals surface area contributed by atoms with Gasteiger partial charge in [0.1, 0.15) is 11.9 Å². The van der Waals surface area contributed by atoms with Crippen LogP contribution in [0.15, 0.2) is 36.4 Å². The van der Waals surface area contributed by atoms with Crippen molar-refractivity contribution in [1.29, 1.82) is 0 Å². The fourth-order valence-electron chi connectivity index (χ4n) is 3.62. The Bertz CT molecular complexity index is 925. The maximum atomic E-state index is 12.6. The van der Waals surface area contributed by atoms with Crippen LogP contribution in [0, 0.1) is 0 Å². The Labute approximate surface area is 173 Å². The van der Waals surface area contributed by atoms with Crippen LogP contribution in [0.1, 0.15) is 15.9 Å². The fourth-order valence-corrected chi connectivity index (χ4v) is 3.91. The van der Waals surface area contributed by atoms with Crippen molar-refractivity contribution in [2.45, 2.75) is 12.5 Å². The maximum absolute atomic E-state index is 12.6.